The SMILES string of the molecule is CCN(CC(C)(N)C#N)c1ccccc1. The molecule has 2 N–H and O–H groups in total. The molecule has 1 atom stereocenters. The van der Waals surface area contributed by atoms with Gasteiger partial charge in [0.25, 0.3) is 0 Å². The summed E-state index contributed by atoms with van der Waals surface area (Å²) < 4.78 is 0. The molecule has 3 heteroatoms. The molecule has 0 fully saturated rings. The van der Waals surface area contributed by atoms with Crippen molar-refractivity contribution >= 4 is 5.69 Å². The first-order chi connectivity index (χ1) is 7.09. The normalized spacial score (nSPS) is 14.0. The predicted molar refractivity (Wildman–Crippen MR) is 62.5 cm³/mol. The van der Waals surface area contributed by atoms with Crippen LogP contribution in [0.15, 0.2) is 30.3 Å². The van der Waals surface area contributed by atoms with Gasteiger partial charge >= 0.3 is 0 Å². The Hall–Kier alpha value is -1.53. The molecule has 15 heavy (non-hydrogen) atoms. The zero-order valence-corrected chi connectivity index (χ0v) is 9.27. The highest BCUT2D eigenvalue weighted by Crippen LogP contribution is 2.15. The van der Waals surface area contributed by atoms with Crippen LogP contribution in [-0.4, -0.2) is 18.6 Å². The van der Waals surface area contributed by atoms with Gasteiger partial charge in [-0.1, -0.05) is 18.2 Å². The Kier molecular flexibility index (Phi) is 3.70. The van der Waals surface area contributed by atoms with Crippen molar-refractivity contribution in [1.29, 1.82) is 5.26 Å². The fourth-order valence-corrected chi connectivity index (χ4v) is 1.46. The third-order valence-electron chi connectivity index (χ3n) is 2.28. The van der Waals surface area contributed by atoms with E-state index in [2.05, 4.69) is 17.9 Å². The average Bonchev–Trinajstić information content (AvgIpc) is 2.27. The van der Waals surface area contributed by atoms with Gasteiger partial charge in [0.2, 0.25) is 0 Å². The molecule has 1 rings (SSSR count). The molecule has 1 aromatic carbocycles. The number of nitrogens with zero attached hydrogens (tertiary/aromatic N) is 2. The number of hydrogen-bond acceptors (Lipinski definition) is 3. The maximum absolute atomic E-state index is 8.88. The Morgan fingerprint density at radius 3 is 2.47 bits per heavy atom. The molecule has 0 saturated heterocycles. The van der Waals surface area contributed by atoms with Crippen molar-refractivity contribution in [2.45, 2.75) is 19.4 Å². The summed E-state index contributed by atoms with van der Waals surface area (Å²) in [5, 5.41) is 8.88. The van der Waals surface area contributed by atoms with Gasteiger partial charge in [-0.05, 0) is 26.0 Å². The minimum Gasteiger partial charge on any atom is -0.369 e. The summed E-state index contributed by atoms with van der Waals surface area (Å²) in [6.07, 6.45) is 0. The molecule has 1 aromatic rings. The van der Waals surface area contributed by atoms with E-state index in [1.165, 1.54) is 0 Å². The largest absolute Gasteiger partial charge is 0.369 e. The van der Waals surface area contributed by atoms with Crippen molar-refractivity contribution in [2.75, 3.05) is 18.0 Å². The van der Waals surface area contributed by atoms with Crippen LogP contribution in [-0.2, 0) is 0 Å². The Balaban J connectivity index is 2.79. The third-order valence-corrected chi connectivity index (χ3v) is 2.28. The first-order valence-electron chi connectivity index (χ1n) is 5.09. The first-order valence-corrected chi connectivity index (χ1v) is 5.09. The molecular weight excluding hydrogens is 186 g/mol. The first kappa shape index (κ1) is 11.5. The highest BCUT2D eigenvalue weighted by molar-refractivity contribution is 5.46. The van der Waals surface area contributed by atoms with E-state index in [-0.39, 0.29) is 0 Å². The lowest BCUT2D eigenvalue weighted by Crippen LogP contribution is -2.46. The lowest BCUT2D eigenvalue weighted by molar-refractivity contribution is 0.578. The summed E-state index contributed by atoms with van der Waals surface area (Å²) in [7, 11) is 0. The van der Waals surface area contributed by atoms with Crippen molar-refractivity contribution in [3.63, 3.8) is 0 Å². The molecule has 0 heterocycles. The Morgan fingerprint density at radius 1 is 1.40 bits per heavy atom. The minimum atomic E-state index is -0.800. The van der Waals surface area contributed by atoms with E-state index in [9.17, 15) is 0 Å². The summed E-state index contributed by atoms with van der Waals surface area (Å²) in [6, 6.07) is 12.1. The Labute approximate surface area is 91.1 Å². The number of likely N-dealkylation sites (N-methyl/N-ethyl adjacent to an activating group) is 1. The molecular formula is C12H17N3. The van der Waals surface area contributed by atoms with Crippen molar-refractivity contribution < 1.29 is 0 Å². The monoisotopic (exact) mass is 203 g/mol. The van der Waals surface area contributed by atoms with E-state index in [0.717, 1.165) is 12.2 Å². The number of nitriles is 1. The molecule has 0 aromatic heterocycles. The molecule has 3 nitrogen and oxygen atoms in total. The second-order valence-corrected chi connectivity index (χ2v) is 3.88. The van der Waals surface area contributed by atoms with Crippen molar-refractivity contribution in [1.82, 2.24) is 0 Å². The maximum Gasteiger partial charge on any atom is 0.119 e. The molecule has 0 aliphatic carbocycles. The molecule has 1 unspecified atom stereocenters. The average molecular weight is 203 g/mol. The molecule has 0 radical (unpaired) electrons. The molecule has 0 spiro atoms. The summed E-state index contributed by atoms with van der Waals surface area (Å²) in [5.74, 6) is 0. The van der Waals surface area contributed by atoms with Crippen molar-refractivity contribution in [3.05, 3.63) is 30.3 Å². The maximum atomic E-state index is 8.88. The quantitative estimate of drug-likeness (QED) is 0.811. The minimum absolute atomic E-state index is 0.546. The highest BCUT2D eigenvalue weighted by Gasteiger charge is 2.20. The second-order valence-electron chi connectivity index (χ2n) is 3.88. The number of nitrogens with two attached hydrogens (primary N) is 1. The van der Waals surface area contributed by atoms with Gasteiger partial charge in [0.15, 0.2) is 0 Å². The van der Waals surface area contributed by atoms with Gasteiger partial charge in [-0.25, -0.2) is 0 Å². The van der Waals surface area contributed by atoms with E-state index < -0.39 is 5.54 Å². The van der Waals surface area contributed by atoms with Crippen LogP contribution in [0, 0.1) is 11.3 Å². The van der Waals surface area contributed by atoms with Crippen LogP contribution in [0.2, 0.25) is 0 Å². The van der Waals surface area contributed by atoms with E-state index in [4.69, 9.17) is 11.0 Å². The van der Waals surface area contributed by atoms with Gasteiger partial charge < -0.3 is 10.6 Å². The number of hydrogen-bond donors (Lipinski definition) is 1. The van der Waals surface area contributed by atoms with Crippen LogP contribution >= 0.6 is 0 Å². The number of benzene rings is 1. The molecule has 0 saturated carbocycles. The van der Waals surface area contributed by atoms with E-state index in [0.29, 0.717) is 6.54 Å². The van der Waals surface area contributed by atoms with Crippen LogP contribution in [0.3, 0.4) is 0 Å². The Morgan fingerprint density at radius 2 is 2.00 bits per heavy atom. The van der Waals surface area contributed by atoms with Gasteiger partial charge in [0.05, 0.1) is 6.07 Å². The predicted octanol–water partition coefficient (Wildman–Crippen LogP) is 1.75. The second kappa shape index (κ2) is 4.81. The molecule has 80 valence electrons. The molecule has 0 amide bonds. The third kappa shape index (κ3) is 3.26. The van der Waals surface area contributed by atoms with Crippen LogP contribution < -0.4 is 10.6 Å². The number of anilines is 1. The zero-order valence-electron chi connectivity index (χ0n) is 9.27. The van der Waals surface area contributed by atoms with Gasteiger partial charge in [-0.15, -0.1) is 0 Å². The van der Waals surface area contributed by atoms with E-state index in [1.54, 1.807) is 6.92 Å². The smallest absolute Gasteiger partial charge is 0.119 e. The van der Waals surface area contributed by atoms with Gasteiger partial charge in [-0.2, -0.15) is 5.26 Å². The van der Waals surface area contributed by atoms with Crippen LogP contribution in [0.4, 0.5) is 5.69 Å². The summed E-state index contributed by atoms with van der Waals surface area (Å²) >= 11 is 0. The number of rotatable bonds is 4. The van der Waals surface area contributed by atoms with E-state index >= 15 is 0 Å². The van der Waals surface area contributed by atoms with E-state index in [1.807, 2.05) is 30.3 Å². The van der Waals surface area contributed by atoms with Gasteiger partial charge in [0.1, 0.15) is 5.54 Å². The fraction of sp³-hybridized carbons (Fsp3) is 0.417. The molecule has 0 bridgehead atoms. The lowest BCUT2D eigenvalue weighted by atomic mass is 10.1. The standard InChI is InChI=1S/C12H17N3/c1-3-15(10-12(2,14)9-13)11-7-5-4-6-8-11/h4-8H,3,10,14H2,1-2H3. The zero-order chi connectivity index (χ0) is 11.3. The lowest BCUT2D eigenvalue weighted by Gasteiger charge is -2.28. The number of para-hydroxylation sites is 1. The van der Waals surface area contributed by atoms with Crippen molar-refractivity contribution in [3.8, 4) is 6.07 Å². The fourth-order valence-electron chi connectivity index (χ4n) is 1.46. The van der Waals surface area contributed by atoms with Crippen molar-refractivity contribution in [2.24, 2.45) is 5.73 Å². The van der Waals surface area contributed by atoms with Crippen LogP contribution in [0.25, 0.3) is 0 Å². The Bertz CT molecular complexity index is 338. The summed E-state index contributed by atoms with van der Waals surface area (Å²) in [4.78, 5) is 2.10. The molecule has 0 aliphatic heterocycles. The van der Waals surface area contributed by atoms with Crippen LogP contribution in [0.1, 0.15) is 13.8 Å². The summed E-state index contributed by atoms with van der Waals surface area (Å²) in [6.45, 7) is 5.20. The topological polar surface area (TPSA) is 53.0 Å². The highest BCUT2D eigenvalue weighted by atomic mass is 15.1. The van der Waals surface area contributed by atoms with Crippen LogP contribution in [0.5, 0.6) is 0 Å². The van der Waals surface area contributed by atoms with Gasteiger partial charge in [0, 0.05) is 18.8 Å². The molecule has 0 aliphatic rings. The summed E-state index contributed by atoms with van der Waals surface area (Å²) in [5.41, 5.74) is 6.13. The van der Waals surface area contributed by atoms with Gasteiger partial charge in [-0.3, -0.25) is 0 Å².